The van der Waals surface area contributed by atoms with E-state index < -0.39 is 18.2 Å². The highest BCUT2D eigenvalue weighted by molar-refractivity contribution is 6.11. The predicted molar refractivity (Wildman–Crippen MR) is 43.1 cm³/mol. The van der Waals surface area contributed by atoms with E-state index in [1.165, 1.54) is 7.11 Å². The van der Waals surface area contributed by atoms with Crippen molar-refractivity contribution in [2.24, 2.45) is 0 Å². The summed E-state index contributed by atoms with van der Waals surface area (Å²) in [5.41, 5.74) is 0. The first kappa shape index (κ1) is 9.99. The zero-order chi connectivity index (χ0) is 9.14. The highest BCUT2D eigenvalue weighted by Crippen LogP contribution is 2.21. The quantitative estimate of drug-likeness (QED) is 0.549. The molecule has 0 amide bonds. The second-order valence-electron chi connectivity index (χ2n) is 2.79. The summed E-state index contributed by atoms with van der Waals surface area (Å²) >= 11 is 0. The molecule has 0 saturated carbocycles. The van der Waals surface area contributed by atoms with Crippen LogP contribution in [0.4, 0.5) is 0 Å². The smallest absolute Gasteiger partial charge is 0.112 e. The Labute approximate surface area is 73.2 Å². The molecule has 4 atom stereocenters. The van der Waals surface area contributed by atoms with Gasteiger partial charge in [0.25, 0.3) is 0 Å². The summed E-state index contributed by atoms with van der Waals surface area (Å²) in [4.78, 5) is 0. The number of aliphatic hydroxyl groups excluding tert-OH is 1. The van der Waals surface area contributed by atoms with Gasteiger partial charge in [-0.2, -0.15) is 0 Å². The molecule has 4 nitrogen and oxygen atoms in total. The van der Waals surface area contributed by atoms with Crippen LogP contribution in [0.5, 0.6) is 0 Å². The van der Waals surface area contributed by atoms with Crippen molar-refractivity contribution in [1.29, 1.82) is 0 Å². The molecule has 1 aliphatic rings. The summed E-state index contributed by atoms with van der Waals surface area (Å²) in [6, 6.07) is -0.565. The summed E-state index contributed by atoms with van der Waals surface area (Å²) < 4.78 is 15.0. The lowest BCUT2D eigenvalue weighted by Crippen LogP contribution is -2.35. The molecule has 12 heavy (non-hydrogen) atoms. The topological polar surface area (TPSA) is 47.9 Å². The molecular weight excluding hydrogens is 159 g/mol. The predicted octanol–water partition coefficient (Wildman–Crippen LogP) is -1.10. The maximum atomic E-state index is 9.54. The van der Waals surface area contributed by atoms with Crippen molar-refractivity contribution >= 4 is 7.85 Å². The maximum Gasteiger partial charge on any atom is 0.112 e. The van der Waals surface area contributed by atoms with Crippen LogP contribution in [0.15, 0.2) is 0 Å². The standard InChI is InChI=1S/C7H13BO4/c1-10-3-4-5(9)6(11-2)7(8)12-4/h4-7,9H,3H2,1-2H3/t4?,5-,6-,7-/m1/s1. The first-order chi connectivity index (χ1) is 5.70. The van der Waals surface area contributed by atoms with Gasteiger partial charge in [0.15, 0.2) is 0 Å². The zero-order valence-corrected chi connectivity index (χ0v) is 7.27. The van der Waals surface area contributed by atoms with Crippen molar-refractivity contribution in [3.05, 3.63) is 0 Å². The summed E-state index contributed by atoms with van der Waals surface area (Å²) in [6.45, 7) is 0.328. The van der Waals surface area contributed by atoms with E-state index in [1.807, 2.05) is 0 Å². The van der Waals surface area contributed by atoms with Crippen LogP contribution < -0.4 is 0 Å². The van der Waals surface area contributed by atoms with E-state index in [2.05, 4.69) is 0 Å². The fourth-order valence-corrected chi connectivity index (χ4v) is 1.34. The second-order valence-corrected chi connectivity index (χ2v) is 2.79. The lowest BCUT2D eigenvalue weighted by molar-refractivity contribution is -0.0247. The van der Waals surface area contributed by atoms with E-state index in [4.69, 9.17) is 22.1 Å². The SMILES string of the molecule is [B][C@@H]1OC(COC)[C@@H](O)[C@H]1OC. The van der Waals surface area contributed by atoms with Crippen molar-refractivity contribution in [3.8, 4) is 0 Å². The van der Waals surface area contributed by atoms with Gasteiger partial charge in [0.05, 0.1) is 6.61 Å². The van der Waals surface area contributed by atoms with Crippen molar-refractivity contribution in [1.82, 2.24) is 0 Å². The summed E-state index contributed by atoms with van der Waals surface area (Å²) in [7, 11) is 8.57. The van der Waals surface area contributed by atoms with Crippen LogP contribution in [0.3, 0.4) is 0 Å². The van der Waals surface area contributed by atoms with Crippen LogP contribution in [0.1, 0.15) is 0 Å². The molecule has 5 heteroatoms. The first-order valence-electron chi connectivity index (χ1n) is 3.81. The second kappa shape index (κ2) is 4.23. The minimum atomic E-state index is -0.704. The molecule has 1 fully saturated rings. The van der Waals surface area contributed by atoms with E-state index in [1.54, 1.807) is 7.11 Å². The minimum Gasteiger partial charge on any atom is -0.388 e. The van der Waals surface area contributed by atoms with Gasteiger partial charge in [0.1, 0.15) is 26.2 Å². The molecular formula is C7H13BO4. The molecule has 1 aliphatic heterocycles. The van der Waals surface area contributed by atoms with Crippen LogP contribution in [0, 0.1) is 0 Å². The number of hydrogen-bond donors (Lipinski definition) is 1. The molecule has 68 valence electrons. The Morgan fingerprint density at radius 1 is 1.50 bits per heavy atom. The Balaban J connectivity index is 2.49. The molecule has 1 N–H and O–H groups in total. The van der Waals surface area contributed by atoms with Crippen LogP contribution in [-0.2, 0) is 14.2 Å². The normalized spacial score (nSPS) is 41.9. The van der Waals surface area contributed by atoms with Crippen LogP contribution in [0.2, 0.25) is 0 Å². The molecule has 1 unspecified atom stereocenters. The molecule has 0 aromatic carbocycles. The average molecular weight is 172 g/mol. The molecule has 0 aromatic rings. The molecule has 0 aliphatic carbocycles. The van der Waals surface area contributed by atoms with Crippen molar-refractivity contribution in [3.63, 3.8) is 0 Å². The summed E-state index contributed by atoms with van der Waals surface area (Å²) in [5.74, 6) is 0. The molecule has 2 radical (unpaired) electrons. The third-order valence-electron chi connectivity index (χ3n) is 1.98. The number of aliphatic hydroxyl groups is 1. The lowest BCUT2D eigenvalue weighted by Gasteiger charge is -2.16. The fraction of sp³-hybridized carbons (Fsp3) is 1.00. The van der Waals surface area contributed by atoms with Gasteiger partial charge in [-0.3, -0.25) is 0 Å². The zero-order valence-electron chi connectivity index (χ0n) is 7.27. The van der Waals surface area contributed by atoms with Crippen LogP contribution >= 0.6 is 0 Å². The van der Waals surface area contributed by atoms with Crippen LogP contribution in [0.25, 0.3) is 0 Å². The largest absolute Gasteiger partial charge is 0.388 e. The van der Waals surface area contributed by atoms with Gasteiger partial charge in [-0.1, -0.05) is 0 Å². The molecule has 0 spiro atoms. The molecule has 0 aromatic heterocycles. The third-order valence-corrected chi connectivity index (χ3v) is 1.98. The monoisotopic (exact) mass is 172 g/mol. The van der Waals surface area contributed by atoms with E-state index in [9.17, 15) is 5.11 Å². The van der Waals surface area contributed by atoms with Gasteiger partial charge in [-0.25, -0.2) is 0 Å². The summed E-state index contributed by atoms with van der Waals surface area (Å²) in [6.07, 6.45) is -1.54. The van der Waals surface area contributed by atoms with E-state index in [-0.39, 0.29) is 6.10 Å². The highest BCUT2D eigenvalue weighted by Gasteiger charge is 2.40. The maximum absolute atomic E-state index is 9.54. The third kappa shape index (κ3) is 1.80. The lowest BCUT2D eigenvalue weighted by atomic mass is 9.93. The molecule has 0 bridgehead atoms. The highest BCUT2D eigenvalue weighted by atomic mass is 16.6. The Morgan fingerprint density at radius 2 is 2.17 bits per heavy atom. The molecule has 1 saturated heterocycles. The average Bonchev–Trinajstić information content (AvgIpc) is 2.29. The van der Waals surface area contributed by atoms with E-state index >= 15 is 0 Å². The van der Waals surface area contributed by atoms with E-state index in [0.29, 0.717) is 6.61 Å². The number of rotatable bonds is 3. The van der Waals surface area contributed by atoms with Gasteiger partial charge in [0, 0.05) is 20.2 Å². The van der Waals surface area contributed by atoms with Gasteiger partial charge in [-0.15, -0.1) is 0 Å². The molecule has 1 heterocycles. The van der Waals surface area contributed by atoms with Crippen LogP contribution in [-0.4, -0.2) is 58.1 Å². The number of ether oxygens (including phenoxy) is 3. The minimum absolute atomic E-state index is 0.328. The van der Waals surface area contributed by atoms with Crippen molar-refractivity contribution < 1.29 is 19.3 Å². The van der Waals surface area contributed by atoms with Gasteiger partial charge >= 0.3 is 0 Å². The van der Waals surface area contributed by atoms with Gasteiger partial charge < -0.3 is 19.3 Å². The van der Waals surface area contributed by atoms with Crippen molar-refractivity contribution in [2.75, 3.05) is 20.8 Å². The number of hydrogen-bond acceptors (Lipinski definition) is 4. The Kier molecular flexibility index (Phi) is 3.52. The number of methoxy groups -OCH3 is 2. The van der Waals surface area contributed by atoms with E-state index in [0.717, 1.165) is 0 Å². The van der Waals surface area contributed by atoms with Crippen molar-refractivity contribution in [2.45, 2.75) is 24.3 Å². The Morgan fingerprint density at radius 3 is 2.58 bits per heavy atom. The Hall–Kier alpha value is -0.0951. The Bertz CT molecular complexity index is 143. The van der Waals surface area contributed by atoms with Gasteiger partial charge in [0.2, 0.25) is 0 Å². The summed E-state index contributed by atoms with van der Waals surface area (Å²) in [5, 5.41) is 9.54. The van der Waals surface area contributed by atoms with Gasteiger partial charge in [-0.05, 0) is 0 Å². The fourth-order valence-electron chi connectivity index (χ4n) is 1.34. The first-order valence-corrected chi connectivity index (χ1v) is 3.81. The molecule has 1 rings (SSSR count).